The van der Waals surface area contributed by atoms with E-state index in [-0.39, 0.29) is 24.0 Å². The van der Waals surface area contributed by atoms with Crippen molar-refractivity contribution in [2.45, 2.75) is 13.8 Å². The molecule has 20 heavy (non-hydrogen) atoms. The minimum Gasteiger partial charge on any atom is -0.494 e. The highest BCUT2D eigenvalue weighted by Gasteiger charge is 2.05. The van der Waals surface area contributed by atoms with Gasteiger partial charge < -0.3 is 9.14 Å². The first-order valence-electron chi connectivity index (χ1n) is 6.46. The summed E-state index contributed by atoms with van der Waals surface area (Å²) < 4.78 is 7.55. The van der Waals surface area contributed by atoms with Crippen molar-refractivity contribution in [3.8, 4) is 17.0 Å². The Kier molecular flexibility index (Phi) is 4.65. The van der Waals surface area contributed by atoms with Crippen LogP contribution in [0.5, 0.6) is 5.75 Å². The fraction of sp³-hybridized carbons (Fsp3) is 0.188. The summed E-state index contributed by atoms with van der Waals surface area (Å²) in [5.41, 5.74) is 4.25. The van der Waals surface area contributed by atoms with E-state index in [1.807, 2.05) is 43.3 Å². The van der Waals surface area contributed by atoms with Crippen molar-refractivity contribution in [1.29, 1.82) is 0 Å². The topological polar surface area (TPSA) is 26.5 Å². The van der Waals surface area contributed by atoms with Gasteiger partial charge in [0.05, 0.1) is 12.3 Å². The third-order valence-corrected chi connectivity index (χ3v) is 3.16. The van der Waals surface area contributed by atoms with E-state index in [2.05, 4.69) is 28.6 Å². The molecule has 0 aliphatic rings. The predicted molar refractivity (Wildman–Crippen MR) is 91.9 cm³/mol. The molecule has 1 aromatic carbocycles. The van der Waals surface area contributed by atoms with E-state index in [0.717, 1.165) is 22.7 Å². The summed E-state index contributed by atoms with van der Waals surface area (Å²) >= 11 is 0. The molecule has 0 aliphatic heterocycles. The van der Waals surface area contributed by atoms with E-state index < -0.39 is 0 Å². The van der Waals surface area contributed by atoms with Crippen LogP contribution >= 0.6 is 24.0 Å². The van der Waals surface area contributed by atoms with E-state index >= 15 is 0 Å². The Balaban J connectivity index is 0.00000147. The SMILES string of the molecule is CCOc1ccc(-c2cn3c(C)cccc3n2)cc1.I. The van der Waals surface area contributed by atoms with Gasteiger partial charge in [-0.2, -0.15) is 0 Å². The van der Waals surface area contributed by atoms with E-state index in [1.165, 1.54) is 5.69 Å². The van der Waals surface area contributed by atoms with Crippen LogP contribution in [0.15, 0.2) is 48.7 Å². The third-order valence-electron chi connectivity index (χ3n) is 3.16. The highest BCUT2D eigenvalue weighted by atomic mass is 127. The molecule has 3 aromatic rings. The summed E-state index contributed by atoms with van der Waals surface area (Å²) in [6, 6.07) is 14.2. The zero-order valence-corrected chi connectivity index (χ0v) is 13.9. The molecular weight excluding hydrogens is 363 g/mol. The quantitative estimate of drug-likeness (QED) is 0.633. The second-order valence-electron chi connectivity index (χ2n) is 4.48. The minimum atomic E-state index is 0. The van der Waals surface area contributed by atoms with Crippen LogP contribution in [0, 0.1) is 6.92 Å². The van der Waals surface area contributed by atoms with Crippen molar-refractivity contribution < 1.29 is 4.74 Å². The maximum absolute atomic E-state index is 5.45. The van der Waals surface area contributed by atoms with Crippen LogP contribution in [0.4, 0.5) is 0 Å². The molecule has 2 aromatic heterocycles. The number of imidazole rings is 1. The molecule has 104 valence electrons. The van der Waals surface area contributed by atoms with Gasteiger partial charge in [0.1, 0.15) is 11.4 Å². The molecule has 2 heterocycles. The lowest BCUT2D eigenvalue weighted by Crippen LogP contribution is -1.90. The van der Waals surface area contributed by atoms with Gasteiger partial charge in [0.15, 0.2) is 0 Å². The number of ether oxygens (including phenoxy) is 1. The van der Waals surface area contributed by atoms with Gasteiger partial charge >= 0.3 is 0 Å². The van der Waals surface area contributed by atoms with Crippen molar-refractivity contribution in [1.82, 2.24) is 9.38 Å². The van der Waals surface area contributed by atoms with Crippen LogP contribution in [-0.4, -0.2) is 16.0 Å². The predicted octanol–water partition coefficient (Wildman–Crippen LogP) is 4.33. The molecular formula is C16H17IN2O. The molecule has 0 bridgehead atoms. The van der Waals surface area contributed by atoms with E-state index in [0.29, 0.717) is 6.61 Å². The van der Waals surface area contributed by atoms with Gasteiger partial charge in [-0.3, -0.25) is 0 Å². The molecule has 0 unspecified atom stereocenters. The highest BCUT2D eigenvalue weighted by molar-refractivity contribution is 14.0. The normalized spacial score (nSPS) is 10.3. The molecule has 3 nitrogen and oxygen atoms in total. The molecule has 3 rings (SSSR count). The molecule has 4 heteroatoms. The van der Waals surface area contributed by atoms with Crippen LogP contribution in [0.3, 0.4) is 0 Å². The second-order valence-corrected chi connectivity index (χ2v) is 4.48. The van der Waals surface area contributed by atoms with Gasteiger partial charge in [0.25, 0.3) is 0 Å². The zero-order chi connectivity index (χ0) is 13.2. The van der Waals surface area contributed by atoms with Gasteiger partial charge in [-0.15, -0.1) is 24.0 Å². The monoisotopic (exact) mass is 380 g/mol. The average molecular weight is 380 g/mol. The second kappa shape index (κ2) is 6.26. The van der Waals surface area contributed by atoms with Crippen LogP contribution < -0.4 is 4.74 Å². The van der Waals surface area contributed by atoms with Crippen LogP contribution in [0.2, 0.25) is 0 Å². The van der Waals surface area contributed by atoms with Gasteiger partial charge in [0, 0.05) is 17.5 Å². The lowest BCUT2D eigenvalue weighted by molar-refractivity contribution is 0.340. The Morgan fingerprint density at radius 1 is 1.10 bits per heavy atom. The highest BCUT2D eigenvalue weighted by Crippen LogP contribution is 2.22. The Morgan fingerprint density at radius 2 is 1.85 bits per heavy atom. The number of rotatable bonds is 3. The largest absolute Gasteiger partial charge is 0.494 e. The molecule has 0 saturated carbocycles. The number of fused-ring (bicyclic) bond motifs is 1. The third kappa shape index (κ3) is 2.80. The molecule has 0 fully saturated rings. The smallest absolute Gasteiger partial charge is 0.137 e. The molecule has 0 amide bonds. The minimum absolute atomic E-state index is 0. The maximum Gasteiger partial charge on any atom is 0.137 e. The molecule has 0 spiro atoms. The summed E-state index contributed by atoms with van der Waals surface area (Å²) in [7, 11) is 0. The lowest BCUT2D eigenvalue weighted by atomic mass is 10.2. The summed E-state index contributed by atoms with van der Waals surface area (Å²) in [6.07, 6.45) is 2.07. The first kappa shape index (κ1) is 14.8. The molecule has 0 saturated heterocycles. The van der Waals surface area contributed by atoms with Crippen molar-refractivity contribution in [3.63, 3.8) is 0 Å². The van der Waals surface area contributed by atoms with Gasteiger partial charge in [-0.05, 0) is 50.2 Å². The van der Waals surface area contributed by atoms with E-state index in [4.69, 9.17) is 4.74 Å². The molecule has 0 aliphatic carbocycles. The van der Waals surface area contributed by atoms with Crippen LogP contribution in [-0.2, 0) is 0 Å². The first-order valence-corrected chi connectivity index (χ1v) is 6.46. The molecule has 0 atom stereocenters. The first-order chi connectivity index (χ1) is 9.28. The van der Waals surface area contributed by atoms with Crippen molar-refractivity contribution in [2.75, 3.05) is 6.61 Å². The van der Waals surface area contributed by atoms with Gasteiger partial charge in [0.2, 0.25) is 0 Å². The summed E-state index contributed by atoms with van der Waals surface area (Å²) in [5, 5.41) is 0. The number of hydrogen-bond donors (Lipinski definition) is 0. The van der Waals surface area contributed by atoms with Crippen molar-refractivity contribution >= 4 is 29.6 Å². The number of benzene rings is 1. The lowest BCUT2D eigenvalue weighted by Gasteiger charge is -2.02. The standard InChI is InChI=1S/C16H16N2O.HI/c1-3-19-14-9-7-13(8-10-14)15-11-18-12(2)5-4-6-16(18)17-15;/h4-11H,3H2,1-2H3;1H. The fourth-order valence-corrected chi connectivity index (χ4v) is 2.18. The number of aromatic nitrogens is 2. The van der Waals surface area contributed by atoms with Crippen molar-refractivity contribution in [2.24, 2.45) is 0 Å². The Hall–Kier alpha value is -1.56. The van der Waals surface area contributed by atoms with E-state index in [9.17, 15) is 0 Å². The summed E-state index contributed by atoms with van der Waals surface area (Å²) in [5.74, 6) is 0.895. The molecule has 0 N–H and O–H groups in total. The molecule has 0 radical (unpaired) electrons. The number of halogens is 1. The average Bonchev–Trinajstić information content (AvgIpc) is 2.85. The number of aryl methyl sites for hydroxylation is 1. The summed E-state index contributed by atoms with van der Waals surface area (Å²) in [4.78, 5) is 4.64. The number of hydrogen-bond acceptors (Lipinski definition) is 2. The van der Waals surface area contributed by atoms with Crippen LogP contribution in [0.25, 0.3) is 16.9 Å². The van der Waals surface area contributed by atoms with Gasteiger partial charge in [-0.1, -0.05) is 6.07 Å². The van der Waals surface area contributed by atoms with Crippen molar-refractivity contribution in [3.05, 3.63) is 54.4 Å². The fourth-order valence-electron chi connectivity index (χ4n) is 2.18. The summed E-state index contributed by atoms with van der Waals surface area (Å²) in [6.45, 7) is 4.75. The Labute approximate surface area is 135 Å². The Bertz CT molecular complexity index is 704. The Morgan fingerprint density at radius 3 is 2.50 bits per heavy atom. The number of pyridine rings is 1. The van der Waals surface area contributed by atoms with E-state index in [1.54, 1.807) is 0 Å². The zero-order valence-electron chi connectivity index (χ0n) is 11.5. The van der Waals surface area contributed by atoms with Crippen LogP contribution in [0.1, 0.15) is 12.6 Å². The maximum atomic E-state index is 5.45. The van der Waals surface area contributed by atoms with Gasteiger partial charge in [-0.25, -0.2) is 4.98 Å². The number of nitrogens with zero attached hydrogens (tertiary/aromatic N) is 2.